The second-order valence-corrected chi connectivity index (χ2v) is 2.47. The summed E-state index contributed by atoms with van der Waals surface area (Å²) in [7, 11) is 0. The lowest BCUT2D eigenvalue weighted by molar-refractivity contribution is 1.09. The summed E-state index contributed by atoms with van der Waals surface area (Å²) in [6, 6.07) is 3.75. The molecule has 2 N–H and O–H groups in total. The van der Waals surface area contributed by atoms with Gasteiger partial charge in [0.05, 0.1) is 0 Å². The van der Waals surface area contributed by atoms with Gasteiger partial charge in [-0.2, -0.15) is 0 Å². The van der Waals surface area contributed by atoms with Gasteiger partial charge < -0.3 is 5.73 Å². The van der Waals surface area contributed by atoms with Crippen molar-refractivity contribution < 1.29 is 0 Å². The maximum atomic E-state index is 5.35. The third-order valence-electron chi connectivity index (χ3n) is 0.937. The molecular weight excluding hydrogens is 136 g/mol. The molecule has 0 amide bonds. The quantitative estimate of drug-likeness (QED) is 0.620. The van der Waals surface area contributed by atoms with Gasteiger partial charge in [-0.25, -0.2) is 4.98 Å². The largest absolute Gasteiger partial charge is 0.384 e. The summed E-state index contributed by atoms with van der Waals surface area (Å²) >= 11 is 0. The van der Waals surface area contributed by atoms with Crippen molar-refractivity contribution in [2.24, 2.45) is 0 Å². The Balaban J connectivity index is 0.000000292. The Kier molecular flexibility index (Phi) is 5.17. The van der Waals surface area contributed by atoms with Crippen LogP contribution in [0, 0.1) is 6.92 Å². The van der Waals surface area contributed by atoms with E-state index in [4.69, 9.17) is 5.73 Å². The summed E-state index contributed by atoms with van der Waals surface area (Å²) < 4.78 is 0. The Labute approximate surface area is 68.5 Å². The van der Waals surface area contributed by atoms with E-state index in [9.17, 15) is 0 Å². The normalized spacial score (nSPS) is 8.27. The lowest BCUT2D eigenvalue weighted by atomic mass is 10.3. The van der Waals surface area contributed by atoms with Gasteiger partial charge in [-0.15, -0.1) is 0 Å². The zero-order valence-electron chi connectivity index (χ0n) is 7.46. The summed E-state index contributed by atoms with van der Waals surface area (Å²) in [6.45, 7) is 6.23. The van der Waals surface area contributed by atoms with Gasteiger partial charge in [0, 0.05) is 6.20 Å². The van der Waals surface area contributed by atoms with E-state index in [1.165, 1.54) is 6.42 Å². The van der Waals surface area contributed by atoms with Crippen molar-refractivity contribution in [2.75, 3.05) is 5.73 Å². The fourth-order valence-electron chi connectivity index (χ4n) is 0.560. The molecule has 2 heteroatoms. The first kappa shape index (κ1) is 9.95. The smallest absolute Gasteiger partial charge is 0.123 e. The second-order valence-electron chi connectivity index (χ2n) is 2.47. The first-order valence-electron chi connectivity index (χ1n) is 3.88. The topological polar surface area (TPSA) is 38.9 Å². The van der Waals surface area contributed by atoms with Crippen molar-refractivity contribution in [3.8, 4) is 0 Å². The third-order valence-corrected chi connectivity index (χ3v) is 0.937. The summed E-state index contributed by atoms with van der Waals surface area (Å²) in [6.07, 6.45) is 2.95. The molecule has 0 fully saturated rings. The van der Waals surface area contributed by atoms with Gasteiger partial charge in [0.1, 0.15) is 5.82 Å². The highest BCUT2D eigenvalue weighted by atomic mass is 14.8. The Morgan fingerprint density at radius 3 is 2.27 bits per heavy atom. The van der Waals surface area contributed by atoms with Gasteiger partial charge in [0.15, 0.2) is 0 Å². The molecule has 11 heavy (non-hydrogen) atoms. The third kappa shape index (κ3) is 5.40. The van der Waals surface area contributed by atoms with E-state index < -0.39 is 0 Å². The molecule has 0 spiro atoms. The summed E-state index contributed by atoms with van der Waals surface area (Å²) in [5.41, 5.74) is 6.50. The molecule has 1 rings (SSSR count). The van der Waals surface area contributed by atoms with Crippen molar-refractivity contribution in [1.82, 2.24) is 4.98 Å². The minimum atomic E-state index is 0.588. The van der Waals surface area contributed by atoms with Crippen LogP contribution in [0.5, 0.6) is 0 Å². The summed E-state index contributed by atoms with van der Waals surface area (Å²) in [4.78, 5) is 3.82. The van der Waals surface area contributed by atoms with Crippen LogP contribution in [-0.4, -0.2) is 4.98 Å². The number of nitrogens with zero attached hydrogens (tertiary/aromatic N) is 1. The lowest BCUT2D eigenvalue weighted by Gasteiger charge is -1.90. The highest BCUT2D eigenvalue weighted by Gasteiger charge is 1.82. The first-order valence-corrected chi connectivity index (χ1v) is 3.88. The van der Waals surface area contributed by atoms with Gasteiger partial charge in [-0.05, 0) is 24.6 Å². The molecule has 0 saturated heterocycles. The fourth-order valence-corrected chi connectivity index (χ4v) is 0.560. The predicted octanol–water partition coefficient (Wildman–Crippen LogP) is 2.39. The first-order chi connectivity index (χ1) is 5.20. The highest BCUT2D eigenvalue weighted by molar-refractivity contribution is 5.30. The molecule has 1 aromatic rings. The average Bonchev–Trinajstić information content (AvgIpc) is 1.88. The molecule has 0 saturated carbocycles. The average molecular weight is 152 g/mol. The number of anilines is 1. The van der Waals surface area contributed by atoms with Gasteiger partial charge in [-0.3, -0.25) is 0 Å². The van der Waals surface area contributed by atoms with Crippen LogP contribution in [0.25, 0.3) is 0 Å². The monoisotopic (exact) mass is 152 g/mol. The van der Waals surface area contributed by atoms with Crippen LogP contribution < -0.4 is 5.73 Å². The SMILES string of the molecule is CCC.Cc1ccnc(N)c1. The van der Waals surface area contributed by atoms with Gasteiger partial charge in [0.2, 0.25) is 0 Å². The Hall–Kier alpha value is -1.05. The minimum Gasteiger partial charge on any atom is -0.384 e. The molecule has 1 aromatic heterocycles. The molecule has 0 atom stereocenters. The van der Waals surface area contributed by atoms with Gasteiger partial charge in [-0.1, -0.05) is 20.3 Å². The van der Waals surface area contributed by atoms with Crippen LogP contribution in [0.15, 0.2) is 18.3 Å². The maximum absolute atomic E-state index is 5.35. The van der Waals surface area contributed by atoms with Crippen LogP contribution in [0.2, 0.25) is 0 Å². The molecular formula is C9H16N2. The zero-order chi connectivity index (χ0) is 8.69. The molecule has 0 aromatic carbocycles. The molecule has 2 nitrogen and oxygen atoms in total. The molecule has 62 valence electrons. The van der Waals surface area contributed by atoms with Crippen molar-refractivity contribution in [2.45, 2.75) is 27.2 Å². The van der Waals surface area contributed by atoms with E-state index >= 15 is 0 Å². The number of nitrogens with two attached hydrogens (primary N) is 1. The van der Waals surface area contributed by atoms with E-state index in [1.54, 1.807) is 6.20 Å². The number of hydrogen-bond acceptors (Lipinski definition) is 2. The molecule has 0 unspecified atom stereocenters. The number of pyridine rings is 1. The van der Waals surface area contributed by atoms with E-state index in [-0.39, 0.29) is 0 Å². The number of hydrogen-bond donors (Lipinski definition) is 1. The molecule has 0 aliphatic heterocycles. The summed E-state index contributed by atoms with van der Waals surface area (Å²) in [5.74, 6) is 0.588. The number of aromatic nitrogens is 1. The van der Waals surface area contributed by atoms with E-state index in [0.717, 1.165) is 5.56 Å². The second kappa shape index (κ2) is 5.71. The van der Waals surface area contributed by atoms with Crippen molar-refractivity contribution in [3.63, 3.8) is 0 Å². The number of nitrogen functional groups attached to an aromatic ring is 1. The zero-order valence-corrected chi connectivity index (χ0v) is 7.46. The van der Waals surface area contributed by atoms with Gasteiger partial charge in [0.25, 0.3) is 0 Å². The highest BCUT2D eigenvalue weighted by Crippen LogP contribution is 1.98. The van der Waals surface area contributed by atoms with Crippen LogP contribution >= 0.6 is 0 Å². The molecule has 0 aliphatic carbocycles. The van der Waals surface area contributed by atoms with Crippen LogP contribution in [-0.2, 0) is 0 Å². The van der Waals surface area contributed by atoms with Crippen molar-refractivity contribution >= 4 is 5.82 Å². The Bertz CT molecular complexity index is 179. The molecule has 1 heterocycles. The van der Waals surface area contributed by atoms with E-state index in [2.05, 4.69) is 18.8 Å². The maximum Gasteiger partial charge on any atom is 0.123 e. The standard InChI is InChI=1S/C6H8N2.C3H8/c1-5-2-3-8-6(7)4-5;1-3-2/h2-4H,1H3,(H2,7,8);3H2,1-2H3. The van der Waals surface area contributed by atoms with Crippen molar-refractivity contribution in [1.29, 1.82) is 0 Å². The van der Waals surface area contributed by atoms with Gasteiger partial charge >= 0.3 is 0 Å². The Morgan fingerprint density at radius 1 is 1.45 bits per heavy atom. The molecule has 0 bridgehead atoms. The van der Waals surface area contributed by atoms with Crippen molar-refractivity contribution in [3.05, 3.63) is 23.9 Å². The number of aryl methyl sites for hydroxylation is 1. The van der Waals surface area contributed by atoms with Crippen LogP contribution in [0.4, 0.5) is 5.82 Å². The van der Waals surface area contributed by atoms with E-state index in [1.807, 2.05) is 19.1 Å². The van der Waals surface area contributed by atoms with E-state index in [0.29, 0.717) is 5.82 Å². The number of rotatable bonds is 0. The van der Waals surface area contributed by atoms with Crippen LogP contribution in [0.1, 0.15) is 25.8 Å². The minimum absolute atomic E-state index is 0.588. The van der Waals surface area contributed by atoms with Crippen LogP contribution in [0.3, 0.4) is 0 Å². The predicted molar refractivity (Wildman–Crippen MR) is 49.4 cm³/mol. The fraction of sp³-hybridized carbons (Fsp3) is 0.444. The Morgan fingerprint density at radius 2 is 2.00 bits per heavy atom. The lowest BCUT2D eigenvalue weighted by Crippen LogP contribution is -1.87. The molecule has 0 aliphatic rings. The molecule has 0 radical (unpaired) electrons. The summed E-state index contributed by atoms with van der Waals surface area (Å²) in [5, 5.41) is 0.